The number of carbonyl (C=O) groups is 1. The Hall–Kier alpha value is -2.70. The fourth-order valence-electron chi connectivity index (χ4n) is 5.25. The van der Waals surface area contributed by atoms with E-state index in [1.807, 2.05) is 18.2 Å². The molecule has 1 saturated heterocycles. The Morgan fingerprint density at radius 2 is 1.71 bits per heavy atom. The topological polar surface area (TPSA) is 68.2 Å². The molecule has 0 bridgehead atoms. The summed E-state index contributed by atoms with van der Waals surface area (Å²) in [5, 5.41) is 14.2. The number of halogens is 1. The summed E-state index contributed by atoms with van der Waals surface area (Å²) in [6.45, 7) is 3.25. The molecule has 5 rings (SSSR count). The maximum absolute atomic E-state index is 12.0. The normalized spacial score (nSPS) is 20.1. The molecule has 0 amide bonds. The molecule has 2 atom stereocenters. The van der Waals surface area contributed by atoms with Gasteiger partial charge in [-0.2, -0.15) is 0 Å². The molecule has 3 aromatic rings. The number of esters is 1. The third kappa shape index (κ3) is 3.34. The number of nitrogens with zero attached hydrogens (tertiary/aromatic N) is 1. The highest BCUT2D eigenvalue weighted by molar-refractivity contribution is 6.12. The van der Waals surface area contributed by atoms with E-state index >= 15 is 0 Å². The zero-order valence-corrected chi connectivity index (χ0v) is 18.6. The maximum atomic E-state index is 12.0. The summed E-state index contributed by atoms with van der Waals surface area (Å²) < 4.78 is 17.0. The second-order valence-electron chi connectivity index (χ2n) is 8.08. The molecule has 0 spiro atoms. The lowest BCUT2D eigenvalue weighted by atomic mass is 9.83. The van der Waals surface area contributed by atoms with Crippen LogP contribution in [0.1, 0.15) is 37.0 Å². The first-order chi connectivity index (χ1) is 14.5. The van der Waals surface area contributed by atoms with Gasteiger partial charge < -0.3 is 19.3 Å². The van der Waals surface area contributed by atoms with Crippen LogP contribution in [-0.2, 0) is 16.1 Å². The minimum Gasteiger partial charge on any atom is -0.508 e. The number of phenolic OH excluding ortho intramolecular Hbond substituents is 1. The standard InChI is InChI=1S/C24H25NO5.ClH/c1-13(26)30-24-20-5-4-8-25(20)12-19-18-11-22(29-3)21(28-2)10-17(18)16-9-14(27)6-7-15(16)23(19)24;/h6-7,9-11,20,24,27H,4-5,8,12H2,1-3H3;1H/t20-,24+;/m0./s1. The summed E-state index contributed by atoms with van der Waals surface area (Å²) in [6, 6.07) is 9.54. The summed E-state index contributed by atoms with van der Waals surface area (Å²) in [4.78, 5) is 14.4. The van der Waals surface area contributed by atoms with Crippen LogP contribution in [-0.4, -0.2) is 42.8 Å². The van der Waals surface area contributed by atoms with Gasteiger partial charge in [-0.1, -0.05) is 6.07 Å². The molecule has 1 N–H and O–H groups in total. The number of fused-ring (bicyclic) bond motifs is 7. The van der Waals surface area contributed by atoms with E-state index in [2.05, 4.69) is 4.90 Å². The quantitative estimate of drug-likeness (QED) is 0.466. The molecule has 0 aliphatic carbocycles. The van der Waals surface area contributed by atoms with Crippen molar-refractivity contribution in [3.8, 4) is 17.2 Å². The van der Waals surface area contributed by atoms with Crippen molar-refractivity contribution in [2.24, 2.45) is 0 Å². The summed E-state index contributed by atoms with van der Waals surface area (Å²) in [6.07, 6.45) is 1.75. The lowest BCUT2D eigenvalue weighted by molar-refractivity contribution is -0.150. The Kier molecular flexibility index (Phi) is 5.62. The number of hydrogen-bond donors (Lipinski definition) is 1. The van der Waals surface area contributed by atoms with Crippen molar-refractivity contribution >= 4 is 39.9 Å². The Balaban J connectivity index is 0.00000231. The molecule has 31 heavy (non-hydrogen) atoms. The van der Waals surface area contributed by atoms with Gasteiger partial charge in [0, 0.05) is 19.0 Å². The highest BCUT2D eigenvalue weighted by Gasteiger charge is 2.41. The molecule has 0 unspecified atom stereocenters. The third-order valence-electron chi connectivity index (χ3n) is 6.46. The van der Waals surface area contributed by atoms with Gasteiger partial charge in [-0.05, 0) is 70.8 Å². The smallest absolute Gasteiger partial charge is 0.303 e. The predicted octanol–water partition coefficient (Wildman–Crippen LogP) is 4.72. The van der Waals surface area contributed by atoms with E-state index in [1.165, 1.54) is 6.92 Å². The summed E-state index contributed by atoms with van der Waals surface area (Å²) in [5.41, 5.74) is 2.19. The molecule has 7 heteroatoms. The number of methoxy groups -OCH3 is 2. The van der Waals surface area contributed by atoms with Gasteiger partial charge in [0.05, 0.1) is 20.3 Å². The third-order valence-corrected chi connectivity index (χ3v) is 6.46. The molecule has 2 aliphatic heterocycles. The van der Waals surface area contributed by atoms with Gasteiger partial charge in [-0.15, -0.1) is 12.4 Å². The van der Waals surface area contributed by atoms with Crippen LogP contribution in [0.25, 0.3) is 21.5 Å². The first-order valence-corrected chi connectivity index (χ1v) is 10.3. The second-order valence-corrected chi connectivity index (χ2v) is 8.08. The van der Waals surface area contributed by atoms with Gasteiger partial charge in [0.25, 0.3) is 0 Å². The number of hydrogen-bond acceptors (Lipinski definition) is 6. The Morgan fingerprint density at radius 1 is 1.03 bits per heavy atom. The van der Waals surface area contributed by atoms with Gasteiger partial charge in [-0.3, -0.25) is 9.69 Å². The highest BCUT2D eigenvalue weighted by Crippen LogP contribution is 2.48. The average Bonchev–Trinajstić information content (AvgIpc) is 3.21. The van der Waals surface area contributed by atoms with E-state index in [-0.39, 0.29) is 36.3 Å². The van der Waals surface area contributed by atoms with Crippen LogP contribution >= 0.6 is 12.4 Å². The van der Waals surface area contributed by atoms with Gasteiger partial charge >= 0.3 is 5.97 Å². The van der Waals surface area contributed by atoms with Crippen molar-refractivity contribution in [1.29, 1.82) is 0 Å². The Bertz CT molecular complexity index is 1180. The van der Waals surface area contributed by atoms with Crippen molar-refractivity contribution in [3.05, 3.63) is 41.5 Å². The van der Waals surface area contributed by atoms with Crippen molar-refractivity contribution in [2.75, 3.05) is 20.8 Å². The Morgan fingerprint density at radius 3 is 2.39 bits per heavy atom. The fraction of sp³-hybridized carbons (Fsp3) is 0.375. The highest BCUT2D eigenvalue weighted by atomic mass is 35.5. The van der Waals surface area contributed by atoms with E-state index in [0.717, 1.165) is 58.6 Å². The minimum atomic E-state index is -0.335. The van der Waals surface area contributed by atoms with Crippen molar-refractivity contribution in [3.63, 3.8) is 0 Å². The minimum absolute atomic E-state index is 0. The van der Waals surface area contributed by atoms with Gasteiger partial charge in [-0.25, -0.2) is 0 Å². The van der Waals surface area contributed by atoms with Crippen LogP contribution in [0.5, 0.6) is 17.2 Å². The lowest BCUT2D eigenvalue weighted by Gasteiger charge is -2.39. The molecular formula is C24H26ClNO5. The van der Waals surface area contributed by atoms with Crippen molar-refractivity contribution in [2.45, 2.75) is 38.5 Å². The van der Waals surface area contributed by atoms with E-state index in [4.69, 9.17) is 14.2 Å². The molecule has 0 saturated carbocycles. The van der Waals surface area contributed by atoms with Crippen molar-refractivity contribution < 1.29 is 24.1 Å². The number of ether oxygens (including phenoxy) is 3. The molecule has 3 aromatic carbocycles. The number of rotatable bonds is 3. The predicted molar refractivity (Wildman–Crippen MR) is 121 cm³/mol. The zero-order valence-electron chi connectivity index (χ0n) is 17.8. The van der Waals surface area contributed by atoms with E-state index in [0.29, 0.717) is 11.5 Å². The van der Waals surface area contributed by atoms with E-state index < -0.39 is 0 Å². The molecule has 2 aliphatic rings. The molecule has 0 radical (unpaired) electrons. The van der Waals surface area contributed by atoms with E-state index in [1.54, 1.807) is 26.4 Å². The first kappa shape index (κ1) is 21.5. The maximum Gasteiger partial charge on any atom is 0.303 e. The van der Waals surface area contributed by atoms with Crippen LogP contribution < -0.4 is 9.47 Å². The number of benzene rings is 3. The largest absolute Gasteiger partial charge is 0.508 e. The van der Waals surface area contributed by atoms with Crippen LogP contribution in [0.15, 0.2) is 30.3 Å². The average molecular weight is 444 g/mol. The monoisotopic (exact) mass is 443 g/mol. The van der Waals surface area contributed by atoms with Crippen LogP contribution in [0.3, 0.4) is 0 Å². The fourth-order valence-corrected chi connectivity index (χ4v) is 5.25. The van der Waals surface area contributed by atoms with Crippen molar-refractivity contribution in [1.82, 2.24) is 4.90 Å². The molecule has 6 nitrogen and oxygen atoms in total. The van der Waals surface area contributed by atoms with Gasteiger partial charge in [0.1, 0.15) is 11.9 Å². The number of aromatic hydroxyl groups is 1. The number of carbonyl (C=O) groups excluding carboxylic acids is 1. The molecule has 0 aromatic heterocycles. The molecule has 164 valence electrons. The zero-order chi connectivity index (χ0) is 21.0. The molecular weight excluding hydrogens is 418 g/mol. The lowest BCUT2D eigenvalue weighted by Crippen LogP contribution is -2.40. The van der Waals surface area contributed by atoms with Gasteiger partial charge in [0.15, 0.2) is 11.5 Å². The molecule has 2 heterocycles. The SMILES string of the molecule is COc1cc2c3c(c4ccc(O)cc4c2cc1OC)[C@H](OC(C)=O)[C@@H]1CCCN1C3.Cl. The Labute approximate surface area is 187 Å². The van der Waals surface area contributed by atoms with Crippen LogP contribution in [0.2, 0.25) is 0 Å². The second kappa shape index (κ2) is 8.09. The first-order valence-electron chi connectivity index (χ1n) is 10.3. The van der Waals surface area contributed by atoms with Crippen LogP contribution in [0.4, 0.5) is 0 Å². The molecule has 1 fully saturated rings. The summed E-state index contributed by atoms with van der Waals surface area (Å²) >= 11 is 0. The van der Waals surface area contributed by atoms with Crippen LogP contribution in [0, 0.1) is 0 Å². The van der Waals surface area contributed by atoms with Gasteiger partial charge in [0.2, 0.25) is 0 Å². The number of phenols is 1. The summed E-state index contributed by atoms with van der Waals surface area (Å²) in [5.74, 6) is 1.21. The summed E-state index contributed by atoms with van der Waals surface area (Å²) in [7, 11) is 3.24. The van der Waals surface area contributed by atoms with E-state index in [9.17, 15) is 9.90 Å².